The summed E-state index contributed by atoms with van der Waals surface area (Å²) in [6.45, 7) is 0. The van der Waals surface area contributed by atoms with Crippen molar-refractivity contribution < 1.29 is 0 Å². The zero-order valence-corrected chi connectivity index (χ0v) is 28.1. The lowest BCUT2D eigenvalue weighted by molar-refractivity contribution is 1.32. The van der Waals surface area contributed by atoms with Crippen molar-refractivity contribution in [3.8, 4) is 55.8 Å². The second kappa shape index (κ2) is 12.4. The van der Waals surface area contributed by atoms with Gasteiger partial charge in [0.15, 0.2) is 0 Å². The smallest absolute Gasteiger partial charge is 0.0964 e. The van der Waals surface area contributed by atoms with Gasteiger partial charge in [-0.1, -0.05) is 109 Å². The lowest BCUT2D eigenvalue weighted by Crippen LogP contribution is -1.92. The average molecular weight is 663 g/mol. The van der Waals surface area contributed by atoms with E-state index in [1.54, 1.807) is 0 Å². The maximum Gasteiger partial charge on any atom is 0.0964 e. The quantitative estimate of drug-likeness (QED) is 0.172. The van der Waals surface area contributed by atoms with E-state index in [1.807, 2.05) is 36.9 Å². The van der Waals surface area contributed by atoms with Crippen molar-refractivity contribution >= 4 is 43.5 Å². The van der Waals surface area contributed by atoms with Crippen molar-refractivity contribution in [2.75, 3.05) is 0 Å². The van der Waals surface area contributed by atoms with E-state index in [1.165, 1.54) is 27.5 Å². The molecule has 0 atom stereocenters. The molecule has 0 fully saturated rings. The van der Waals surface area contributed by atoms with Crippen LogP contribution in [0.5, 0.6) is 0 Å². The minimum Gasteiger partial charge on any atom is -0.256 e. The molecule has 0 saturated carbocycles. The van der Waals surface area contributed by atoms with E-state index in [0.717, 1.165) is 71.8 Å². The monoisotopic (exact) mass is 662 g/mol. The molecule has 4 heterocycles. The van der Waals surface area contributed by atoms with E-state index in [4.69, 9.17) is 9.97 Å². The maximum atomic E-state index is 5.05. The van der Waals surface area contributed by atoms with Crippen LogP contribution in [0, 0.1) is 0 Å². The number of nitrogens with zero attached hydrogens (tertiary/aromatic N) is 4. The molecule has 0 N–H and O–H groups in total. The minimum absolute atomic E-state index is 0.902. The minimum atomic E-state index is 0.902. The Labute approximate surface area is 300 Å². The zero-order chi connectivity index (χ0) is 34.4. The highest BCUT2D eigenvalue weighted by Crippen LogP contribution is 2.40. The summed E-state index contributed by atoms with van der Waals surface area (Å²) in [5.74, 6) is 0. The van der Waals surface area contributed by atoms with Crippen LogP contribution in [0.25, 0.3) is 99.2 Å². The largest absolute Gasteiger partial charge is 0.256 e. The second-order valence-corrected chi connectivity index (χ2v) is 13.1. The van der Waals surface area contributed by atoms with Gasteiger partial charge in [-0.2, -0.15) is 0 Å². The first-order valence-corrected chi connectivity index (χ1v) is 17.4. The van der Waals surface area contributed by atoms with Crippen molar-refractivity contribution in [1.29, 1.82) is 0 Å². The van der Waals surface area contributed by atoms with Crippen LogP contribution in [0.2, 0.25) is 0 Å². The molecule has 0 saturated heterocycles. The Hall–Kier alpha value is -7.04. The molecule has 0 amide bonds. The summed E-state index contributed by atoms with van der Waals surface area (Å²) < 4.78 is 0. The van der Waals surface area contributed by atoms with Gasteiger partial charge >= 0.3 is 0 Å². The number of benzene rings is 6. The molecule has 0 unspecified atom stereocenters. The van der Waals surface area contributed by atoms with Crippen LogP contribution in [-0.2, 0) is 0 Å². The third kappa shape index (κ3) is 5.17. The van der Waals surface area contributed by atoms with Crippen molar-refractivity contribution in [1.82, 2.24) is 19.9 Å². The Morgan fingerprint density at radius 2 is 0.962 bits per heavy atom. The van der Waals surface area contributed by atoms with Crippen LogP contribution in [-0.4, -0.2) is 19.9 Å². The number of hydrogen-bond donors (Lipinski definition) is 0. The summed E-state index contributed by atoms with van der Waals surface area (Å²) in [6.07, 6.45) is 7.55. The number of pyridine rings is 4. The fraction of sp³-hybridized carbons (Fsp3) is 0. The number of hydrogen-bond acceptors (Lipinski definition) is 4. The first-order chi connectivity index (χ1) is 25.8. The third-order valence-electron chi connectivity index (χ3n) is 10.0. The molecule has 0 aliphatic heterocycles. The number of aromatic nitrogens is 4. The molecule has 10 aromatic rings. The molecule has 4 heteroatoms. The number of rotatable bonds is 5. The Morgan fingerprint density at radius 3 is 1.77 bits per heavy atom. The van der Waals surface area contributed by atoms with Crippen LogP contribution >= 0.6 is 0 Å². The summed E-state index contributed by atoms with van der Waals surface area (Å²) >= 11 is 0. The Morgan fingerprint density at radius 1 is 0.308 bits per heavy atom. The topological polar surface area (TPSA) is 51.6 Å². The van der Waals surface area contributed by atoms with Gasteiger partial charge in [-0.25, -0.2) is 0 Å². The van der Waals surface area contributed by atoms with E-state index >= 15 is 0 Å². The van der Waals surface area contributed by atoms with Crippen LogP contribution in [0.15, 0.2) is 183 Å². The van der Waals surface area contributed by atoms with Crippen LogP contribution < -0.4 is 0 Å². The summed E-state index contributed by atoms with van der Waals surface area (Å²) in [6, 6.07) is 55.9. The summed E-state index contributed by atoms with van der Waals surface area (Å²) in [4.78, 5) is 19.1. The third-order valence-corrected chi connectivity index (χ3v) is 10.0. The zero-order valence-electron chi connectivity index (χ0n) is 28.1. The predicted molar refractivity (Wildman–Crippen MR) is 215 cm³/mol. The predicted octanol–water partition coefficient (Wildman–Crippen LogP) is 12.2. The molecule has 0 aliphatic rings. The lowest BCUT2D eigenvalue weighted by atomic mass is 9.89. The van der Waals surface area contributed by atoms with Gasteiger partial charge in [0.1, 0.15) is 0 Å². The number of fused-ring (bicyclic) bond motifs is 5. The van der Waals surface area contributed by atoms with Crippen LogP contribution in [0.1, 0.15) is 0 Å². The van der Waals surface area contributed by atoms with Gasteiger partial charge in [-0.05, 0) is 92.7 Å². The van der Waals surface area contributed by atoms with Gasteiger partial charge in [-0.3, -0.25) is 19.9 Å². The molecule has 0 spiro atoms. The van der Waals surface area contributed by atoms with E-state index in [-0.39, 0.29) is 0 Å². The molecule has 4 nitrogen and oxygen atoms in total. The summed E-state index contributed by atoms with van der Waals surface area (Å²) in [5.41, 5.74) is 13.8. The van der Waals surface area contributed by atoms with Crippen molar-refractivity contribution in [2.24, 2.45) is 0 Å². The van der Waals surface area contributed by atoms with Crippen molar-refractivity contribution in [3.63, 3.8) is 0 Å². The van der Waals surface area contributed by atoms with Gasteiger partial charge in [0.25, 0.3) is 0 Å². The Bertz CT molecular complexity index is 2950. The Balaban J connectivity index is 1.12. The Kier molecular flexibility index (Phi) is 7.10. The second-order valence-electron chi connectivity index (χ2n) is 13.1. The normalized spacial score (nSPS) is 11.5. The van der Waals surface area contributed by atoms with Crippen LogP contribution in [0.4, 0.5) is 0 Å². The van der Waals surface area contributed by atoms with Crippen LogP contribution in [0.3, 0.4) is 0 Å². The van der Waals surface area contributed by atoms with E-state index in [2.05, 4.69) is 156 Å². The van der Waals surface area contributed by atoms with Crippen molar-refractivity contribution in [3.05, 3.63) is 183 Å². The first kappa shape index (κ1) is 29.8. The van der Waals surface area contributed by atoms with Gasteiger partial charge in [0.05, 0.1) is 22.2 Å². The molecule has 242 valence electrons. The standard InChI is InChI=1S/C48H30N4/c1-2-9-31(10-3-1)40-20-21-41(43-13-5-4-12-42(40)43)36-26-35(39-14-6-16-46-44(39)15-8-23-49-46)27-37(28-36)45-22-19-34(29-51-45)38-25-33-18-17-32-11-7-24-50-47(32)48(33)52-30-38/h1-30H. The fourth-order valence-corrected chi connectivity index (χ4v) is 7.49. The molecule has 52 heavy (non-hydrogen) atoms. The summed E-state index contributed by atoms with van der Waals surface area (Å²) in [5, 5.41) is 5.69. The molecule has 10 rings (SSSR count). The molecular weight excluding hydrogens is 633 g/mol. The molecule has 4 aromatic heterocycles. The van der Waals surface area contributed by atoms with Gasteiger partial charge in [0.2, 0.25) is 0 Å². The fourth-order valence-electron chi connectivity index (χ4n) is 7.49. The lowest BCUT2D eigenvalue weighted by Gasteiger charge is -2.16. The molecule has 6 aromatic carbocycles. The van der Waals surface area contributed by atoms with E-state index in [0.29, 0.717) is 0 Å². The SMILES string of the molecule is c1ccc(-c2ccc(-c3cc(-c4ccc(-c5cnc6c(ccc7cccnc76)c5)cn4)cc(-c4cccc5ncccc45)c3)c3ccccc23)cc1. The van der Waals surface area contributed by atoms with Gasteiger partial charge in [0, 0.05) is 57.6 Å². The molecular formula is C48H30N4. The molecule has 0 aliphatic carbocycles. The van der Waals surface area contributed by atoms with Crippen molar-refractivity contribution in [2.45, 2.75) is 0 Å². The highest BCUT2D eigenvalue weighted by Gasteiger charge is 2.15. The molecule has 0 bridgehead atoms. The van der Waals surface area contributed by atoms with Gasteiger partial charge < -0.3 is 0 Å². The van der Waals surface area contributed by atoms with E-state index < -0.39 is 0 Å². The van der Waals surface area contributed by atoms with E-state index in [9.17, 15) is 0 Å². The molecule has 0 radical (unpaired) electrons. The average Bonchev–Trinajstić information content (AvgIpc) is 3.23. The first-order valence-electron chi connectivity index (χ1n) is 17.4. The van der Waals surface area contributed by atoms with Gasteiger partial charge in [-0.15, -0.1) is 0 Å². The maximum absolute atomic E-state index is 5.05. The highest BCUT2D eigenvalue weighted by molar-refractivity contribution is 6.06. The highest BCUT2D eigenvalue weighted by atomic mass is 14.7. The summed E-state index contributed by atoms with van der Waals surface area (Å²) in [7, 11) is 0.